The van der Waals surface area contributed by atoms with Crippen molar-refractivity contribution in [2.45, 2.75) is 39.7 Å². The van der Waals surface area contributed by atoms with Crippen molar-refractivity contribution in [3.8, 4) is 0 Å². The van der Waals surface area contributed by atoms with E-state index in [-0.39, 0.29) is 17.6 Å². The summed E-state index contributed by atoms with van der Waals surface area (Å²) in [5.74, 6) is 0.835. The van der Waals surface area contributed by atoms with Crippen molar-refractivity contribution >= 4 is 5.82 Å². The van der Waals surface area contributed by atoms with Crippen LogP contribution in [0.2, 0.25) is 0 Å². The van der Waals surface area contributed by atoms with Crippen LogP contribution in [0.4, 0.5) is 5.82 Å². The molecule has 5 nitrogen and oxygen atoms in total. The quantitative estimate of drug-likeness (QED) is 0.815. The van der Waals surface area contributed by atoms with Gasteiger partial charge >= 0.3 is 0 Å². The molecule has 3 N–H and O–H groups in total. The monoisotopic (exact) mass is 225 g/mol. The number of H-pyrrole nitrogens is 1. The number of anilines is 1. The fourth-order valence-corrected chi connectivity index (χ4v) is 1.60. The molecule has 0 saturated carbocycles. The number of aromatic nitrogens is 2. The number of nitrogen functional groups attached to an aromatic ring is 1. The molecule has 1 unspecified atom stereocenters. The number of hydrogen-bond acceptors (Lipinski definition) is 4. The van der Waals surface area contributed by atoms with Crippen molar-refractivity contribution in [1.82, 2.24) is 9.97 Å². The van der Waals surface area contributed by atoms with Crippen molar-refractivity contribution in [2.24, 2.45) is 0 Å². The van der Waals surface area contributed by atoms with Crippen molar-refractivity contribution in [2.75, 3.05) is 12.3 Å². The summed E-state index contributed by atoms with van der Waals surface area (Å²) in [7, 11) is 0. The standard InChI is InChI=1S/C11H19N3O2/c1-5-16-7(4)10-13-9(12)8(6(2)3)11(15)14-10/h6-7H,5H2,1-4H3,(H3,12,13,14,15). The number of ether oxygens (including phenoxy) is 1. The molecule has 0 bridgehead atoms. The van der Waals surface area contributed by atoms with Crippen molar-refractivity contribution in [1.29, 1.82) is 0 Å². The van der Waals surface area contributed by atoms with E-state index >= 15 is 0 Å². The lowest BCUT2D eigenvalue weighted by atomic mass is 10.1. The normalized spacial score (nSPS) is 13.1. The Hall–Kier alpha value is -1.36. The van der Waals surface area contributed by atoms with Gasteiger partial charge in [-0.2, -0.15) is 0 Å². The Morgan fingerprint density at radius 3 is 2.50 bits per heavy atom. The van der Waals surface area contributed by atoms with Gasteiger partial charge in [-0.25, -0.2) is 4.98 Å². The summed E-state index contributed by atoms with van der Waals surface area (Å²) in [6.45, 7) is 8.11. The minimum Gasteiger partial charge on any atom is -0.383 e. The molecule has 0 saturated heterocycles. The van der Waals surface area contributed by atoms with Gasteiger partial charge in [0.05, 0.1) is 5.56 Å². The number of nitrogens with two attached hydrogens (primary N) is 1. The Bertz CT molecular complexity index is 412. The van der Waals surface area contributed by atoms with Crippen LogP contribution in [0.3, 0.4) is 0 Å². The zero-order valence-electron chi connectivity index (χ0n) is 10.2. The molecule has 0 amide bonds. The molecule has 5 heteroatoms. The maximum absolute atomic E-state index is 11.8. The number of aromatic amines is 1. The molecule has 1 aromatic rings. The molecule has 90 valence electrons. The summed E-state index contributed by atoms with van der Waals surface area (Å²) in [6.07, 6.45) is -0.249. The van der Waals surface area contributed by atoms with Gasteiger partial charge in [0, 0.05) is 6.61 Å². The lowest BCUT2D eigenvalue weighted by Crippen LogP contribution is -2.22. The Morgan fingerprint density at radius 2 is 2.06 bits per heavy atom. The van der Waals surface area contributed by atoms with Gasteiger partial charge in [0.1, 0.15) is 17.7 Å². The highest BCUT2D eigenvalue weighted by Gasteiger charge is 2.15. The van der Waals surface area contributed by atoms with Crippen LogP contribution < -0.4 is 11.3 Å². The van der Waals surface area contributed by atoms with E-state index in [0.717, 1.165) is 0 Å². The van der Waals surface area contributed by atoms with Crippen LogP contribution in [0.5, 0.6) is 0 Å². The number of nitrogens with zero attached hydrogens (tertiary/aromatic N) is 1. The van der Waals surface area contributed by atoms with Crippen LogP contribution >= 0.6 is 0 Å². The predicted octanol–water partition coefficient (Wildman–Crippen LogP) is 1.57. The summed E-state index contributed by atoms with van der Waals surface area (Å²) in [5.41, 5.74) is 6.13. The molecule has 16 heavy (non-hydrogen) atoms. The Morgan fingerprint density at radius 1 is 1.44 bits per heavy atom. The van der Waals surface area contributed by atoms with E-state index in [4.69, 9.17) is 10.5 Å². The Labute approximate surface area is 95.0 Å². The van der Waals surface area contributed by atoms with E-state index in [1.54, 1.807) is 0 Å². The highest BCUT2D eigenvalue weighted by atomic mass is 16.5. The Kier molecular flexibility index (Phi) is 4.06. The van der Waals surface area contributed by atoms with Gasteiger partial charge in [-0.05, 0) is 19.8 Å². The van der Waals surface area contributed by atoms with E-state index in [9.17, 15) is 4.79 Å². The average molecular weight is 225 g/mol. The van der Waals surface area contributed by atoms with Gasteiger partial charge in [0.2, 0.25) is 0 Å². The molecule has 1 rings (SSSR count). The summed E-state index contributed by atoms with van der Waals surface area (Å²) in [5, 5.41) is 0. The van der Waals surface area contributed by atoms with Crippen LogP contribution in [0, 0.1) is 0 Å². The van der Waals surface area contributed by atoms with E-state index in [1.807, 2.05) is 27.7 Å². The molecule has 1 aromatic heterocycles. The fraction of sp³-hybridized carbons (Fsp3) is 0.636. The second-order valence-electron chi connectivity index (χ2n) is 4.00. The highest BCUT2D eigenvalue weighted by Crippen LogP contribution is 2.18. The van der Waals surface area contributed by atoms with Crippen LogP contribution in [-0.2, 0) is 4.74 Å². The zero-order valence-corrected chi connectivity index (χ0v) is 10.2. The molecule has 0 spiro atoms. The summed E-state index contributed by atoms with van der Waals surface area (Å²) in [6, 6.07) is 0. The van der Waals surface area contributed by atoms with E-state index < -0.39 is 0 Å². The van der Waals surface area contributed by atoms with Crippen molar-refractivity contribution in [3.63, 3.8) is 0 Å². The minimum atomic E-state index is -0.249. The first-order chi connectivity index (χ1) is 7.47. The van der Waals surface area contributed by atoms with E-state index in [0.29, 0.717) is 23.8 Å². The van der Waals surface area contributed by atoms with Crippen molar-refractivity contribution in [3.05, 3.63) is 21.7 Å². The first-order valence-electron chi connectivity index (χ1n) is 5.48. The molecule has 0 fully saturated rings. The SMILES string of the molecule is CCOC(C)c1nc(N)c(C(C)C)c(=O)[nH]1. The molecule has 0 radical (unpaired) electrons. The van der Waals surface area contributed by atoms with Crippen LogP contribution in [0.15, 0.2) is 4.79 Å². The lowest BCUT2D eigenvalue weighted by molar-refractivity contribution is 0.0699. The van der Waals surface area contributed by atoms with Gasteiger partial charge in [0.15, 0.2) is 0 Å². The fourth-order valence-electron chi connectivity index (χ4n) is 1.60. The van der Waals surface area contributed by atoms with Crippen molar-refractivity contribution < 1.29 is 4.74 Å². The molecule has 1 heterocycles. The molecule has 0 aliphatic carbocycles. The second-order valence-corrected chi connectivity index (χ2v) is 4.00. The average Bonchev–Trinajstić information content (AvgIpc) is 2.16. The third kappa shape index (κ3) is 2.61. The zero-order chi connectivity index (χ0) is 12.3. The van der Waals surface area contributed by atoms with Gasteiger partial charge in [0.25, 0.3) is 5.56 Å². The van der Waals surface area contributed by atoms with Crippen LogP contribution in [0.1, 0.15) is 51.1 Å². The topological polar surface area (TPSA) is 81.0 Å². The van der Waals surface area contributed by atoms with Gasteiger partial charge in [-0.15, -0.1) is 0 Å². The maximum atomic E-state index is 11.8. The largest absolute Gasteiger partial charge is 0.383 e. The number of nitrogens with one attached hydrogen (secondary N) is 1. The molecular formula is C11H19N3O2. The first-order valence-corrected chi connectivity index (χ1v) is 5.48. The van der Waals surface area contributed by atoms with E-state index in [1.165, 1.54) is 0 Å². The van der Waals surface area contributed by atoms with E-state index in [2.05, 4.69) is 9.97 Å². The summed E-state index contributed by atoms with van der Waals surface area (Å²) < 4.78 is 5.35. The van der Waals surface area contributed by atoms with Crippen LogP contribution in [-0.4, -0.2) is 16.6 Å². The smallest absolute Gasteiger partial charge is 0.256 e. The third-order valence-corrected chi connectivity index (χ3v) is 2.38. The van der Waals surface area contributed by atoms with Gasteiger partial charge in [-0.1, -0.05) is 13.8 Å². The second kappa shape index (κ2) is 5.12. The van der Waals surface area contributed by atoms with Gasteiger partial charge in [-0.3, -0.25) is 4.79 Å². The number of rotatable bonds is 4. The first kappa shape index (κ1) is 12.7. The lowest BCUT2D eigenvalue weighted by Gasteiger charge is -2.13. The summed E-state index contributed by atoms with van der Waals surface area (Å²) >= 11 is 0. The third-order valence-electron chi connectivity index (χ3n) is 2.38. The Balaban J connectivity index is 3.15. The van der Waals surface area contributed by atoms with Gasteiger partial charge < -0.3 is 15.5 Å². The maximum Gasteiger partial charge on any atom is 0.256 e. The molecule has 0 aliphatic rings. The minimum absolute atomic E-state index is 0.0627. The molecule has 0 aliphatic heterocycles. The number of hydrogen-bond donors (Lipinski definition) is 2. The molecular weight excluding hydrogens is 206 g/mol. The van der Waals surface area contributed by atoms with Crippen LogP contribution in [0.25, 0.3) is 0 Å². The molecule has 1 atom stereocenters. The predicted molar refractivity (Wildman–Crippen MR) is 63.4 cm³/mol. The summed E-state index contributed by atoms with van der Waals surface area (Å²) in [4.78, 5) is 18.7. The highest BCUT2D eigenvalue weighted by molar-refractivity contribution is 5.39. The molecule has 0 aromatic carbocycles.